The number of methoxy groups -OCH3 is 1. The third kappa shape index (κ3) is 4.23. The number of nitrogens with zero attached hydrogens (tertiary/aromatic N) is 3. The van der Waals surface area contributed by atoms with Crippen molar-refractivity contribution in [2.45, 2.75) is 6.54 Å². The third-order valence-electron chi connectivity index (χ3n) is 4.97. The number of para-hydroxylation sites is 1. The van der Waals surface area contributed by atoms with E-state index >= 15 is 0 Å². The molecule has 2 heterocycles. The number of imide groups is 1. The number of carbonyl (C=O) groups is 2. The third-order valence-corrected chi connectivity index (χ3v) is 5.88. The second-order valence-electron chi connectivity index (χ2n) is 6.98. The molecule has 4 rings (SSSR count). The van der Waals surface area contributed by atoms with Crippen LogP contribution in [0, 0.1) is 10.1 Å². The average molecular weight is 437 g/mol. The predicted octanol–water partition coefficient (Wildman–Crippen LogP) is 4.28. The Kier molecular flexibility index (Phi) is 5.88. The van der Waals surface area contributed by atoms with Gasteiger partial charge in [-0.2, -0.15) is 0 Å². The van der Waals surface area contributed by atoms with E-state index in [0.717, 1.165) is 33.8 Å². The van der Waals surface area contributed by atoms with Crippen LogP contribution in [0.2, 0.25) is 0 Å². The number of hydrogen-bond acceptors (Lipinski definition) is 6. The molecule has 0 bridgehead atoms. The van der Waals surface area contributed by atoms with E-state index in [2.05, 4.69) is 0 Å². The van der Waals surface area contributed by atoms with Crippen molar-refractivity contribution in [3.05, 3.63) is 80.9 Å². The van der Waals surface area contributed by atoms with Gasteiger partial charge in [-0.05, 0) is 29.5 Å². The first kappa shape index (κ1) is 20.8. The summed E-state index contributed by atoms with van der Waals surface area (Å²) in [5.74, 6) is -0.331. The Hall–Kier alpha value is -3.43. The fourth-order valence-electron chi connectivity index (χ4n) is 3.50. The Morgan fingerprint density at radius 1 is 1.16 bits per heavy atom. The molecule has 3 aromatic rings. The highest BCUT2D eigenvalue weighted by Gasteiger charge is 2.34. The molecule has 0 N–H and O–H groups in total. The molecule has 0 aliphatic carbocycles. The maximum absolute atomic E-state index is 12.7. The van der Waals surface area contributed by atoms with Crippen LogP contribution in [0.4, 0.5) is 10.5 Å². The smallest absolute Gasteiger partial charge is 0.293 e. The monoisotopic (exact) mass is 437 g/mol. The van der Waals surface area contributed by atoms with Gasteiger partial charge in [-0.25, -0.2) is 0 Å². The average Bonchev–Trinajstić information content (AvgIpc) is 3.24. The molecule has 1 fully saturated rings. The van der Waals surface area contributed by atoms with Crippen molar-refractivity contribution in [1.82, 2.24) is 9.47 Å². The lowest BCUT2D eigenvalue weighted by Crippen LogP contribution is -2.31. The molecule has 0 spiro atoms. The van der Waals surface area contributed by atoms with Gasteiger partial charge in [0, 0.05) is 48.5 Å². The summed E-state index contributed by atoms with van der Waals surface area (Å²) in [6.07, 6.45) is 3.62. The van der Waals surface area contributed by atoms with Crippen molar-refractivity contribution in [2.24, 2.45) is 0 Å². The molecule has 0 saturated carbocycles. The number of hydrogen-bond donors (Lipinski definition) is 0. The number of rotatable bonds is 7. The van der Waals surface area contributed by atoms with E-state index in [1.165, 1.54) is 18.1 Å². The first-order valence-electron chi connectivity index (χ1n) is 9.53. The summed E-state index contributed by atoms with van der Waals surface area (Å²) in [4.78, 5) is 37.1. The molecule has 0 atom stereocenters. The molecule has 31 heavy (non-hydrogen) atoms. The number of fused-ring (bicyclic) bond motifs is 1. The number of nitro groups is 1. The van der Waals surface area contributed by atoms with Gasteiger partial charge in [0.15, 0.2) is 0 Å². The minimum absolute atomic E-state index is 0.0407. The summed E-state index contributed by atoms with van der Waals surface area (Å²) in [6.45, 7) is 0.937. The molecule has 158 valence electrons. The number of carbonyl (C=O) groups excluding carboxylic acids is 2. The van der Waals surface area contributed by atoms with Crippen LogP contribution in [0.25, 0.3) is 17.0 Å². The summed E-state index contributed by atoms with van der Waals surface area (Å²) in [5, 5.41) is 11.7. The van der Waals surface area contributed by atoms with Gasteiger partial charge in [0.25, 0.3) is 16.8 Å². The van der Waals surface area contributed by atoms with Crippen LogP contribution in [0.3, 0.4) is 0 Å². The van der Waals surface area contributed by atoms with Crippen molar-refractivity contribution >= 4 is 45.6 Å². The van der Waals surface area contributed by atoms with Crippen LogP contribution in [0.15, 0.2) is 59.6 Å². The molecule has 9 heteroatoms. The van der Waals surface area contributed by atoms with E-state index in [-0.39, 0.29) is 30.0 Å². The lowest BCUT2D eigenvalue weighted by molar-refractivity contribution is -0.384. The summed E-state index contributed by atoms with van der Waals surface area (Å²) in [6, 6.07) is 14.2. The van der Waals surface area contributed by atoms with Crippen LogP contribution < -0.4 is 0 Å². The molecule has 1 saturated heterocycles. The first-order valence-corrected chi connectivity index (χ1v) is 10.3. The molecule has 8 nitrogen and oxygen atoms in total. The molecule has 1 aliphatic rings. The number of amides is 2. The van der Waals surface area contributed by atoms with Gasteiger partial charge in [0.2, 0.25) is 0 Å². The summed E-state index contributed by atoms with van der Waals surface area (Å²) in [7, 11) is 1.52. The highest BCUT2D eigenvalue weighted by Crippen LogP contribution is 2.34. The van der Waals surface area contributed by atoms with Crippen LogP contribution >= 0.6 is 11.8 Å². The SMILES string of the molecule is COCCN1C(=O)S/C(=C/c2cn(Cc3cccc([N+](=O)[O-])c3)c3ccccc23)C1=O. The second kappa shape index (κ2) is 8.75. The van der Waals surface area contributed by atoms with E-state index < -0.39 is 4.92 Å². The van der Waals surface area contributed by atoms with Gasteiger partial charge < -0.3 is 9.30 Å². The molecule has 2 aromatic carbocycles. The molecular weight excluding hydrogens is 418 g/mol. The zero-order chi connectivity index (χ0) is 22.0. The van der Waals surface area contributed by atoms with Crippen molar-refractivity contribution in [3.8, 4) is 0 Å². The number of non-ortho nitro benzene ring substituents is 1. The Balaban J connectivity index is 1.68. The maximum Gasteiger partial charge on any atom is 0.293 e. The van der Waals surface area contributed by atoms with Gasteiger partial charge in [-0.15, -0.1) is 0 Å². The van der Waals surface area contributed by atoms with E-state index in [4.69, 9.17) is 4.74 Å². The highest BCUT2D eigenvalue weighted by molar-refractivity contribution is 8.18. The fourth-order valence-corrected chi connectivity index (χ4v) is 4.36. The van der Waals surface area contributed by atoms with Crippen molar-refractivity contribution in [2.75, 3.05) is 20.3 Å². The van der Waals surface area contributed by atoms with Gasteiger partial charge >= 0.3 is 0 Å². The summed E-state index contributed by atoms with van der Waals surface area (Å²) < 4.78 is 6.96. The fraction of sp³-hybridized carbons (Fsp3) is 0.182. The Bertz CT molecular complexity index is 1220. The lowest BCUT2D eigenvalue weighted by Gasteiger charge is -2.10. The van der Waals surface area contributed by atoms with Crippen LogP contribution in [0.5, 0.6) is 0 Å². The number of ether oxygens (including phenoxy) is 1. The summed E-state index contributed by atoms with van der Waals surface area (Å²) >= 11 is 0.913. The minimum Gasteiger partial charge on any atom is -0.383 e. The lowest BCUT2D eigenvalue weighted by atomic mass is 10.1. The summed E-state index contributed by atoms with van der Waals surface area (Å²) in [5.41, 5.74) is 2.57. The van der Waals surface area contributed by atoms with Crippen molar-refractivity contribution < 1.29 is 19.2 Å². The van der Waals surface area contributed by atoms with Crippen LogP contribution in [-0.4, -0.2) is 45.8 Å². The maximum atomic E-state index is 12.7. The molecule has 1 aliphatic heterocycles. The van der Waals surface area contributed by atoms with Crippen LogP contribution in [0.1, 0.15) is 11.1 Å². The number of nitro benzene ring substituents is 1. The number of benzene rings is 2. The molecule has 0 radical (unpaired) electrons. The number of aromatic nitrogens is 1. The largest absolute Gasteiger partial charge is 0.383 e. The topological polar surface area (TPSA) is 94.7 Å². The zero-order valence-corrected chi connectivity index (χ0v) is 17.5. The van der Waals surface area contributed by atoms with Crippen molar-refractivity contribution in [1.29, 1.82) is 0 Å². The van der Waals surface area contributed by atoms with Crippen molar-refractivity contribution in [3.63, 3.8) is 0 Å². The highest BCUT2D eigenvalue weighted by atomic mass is 32.2. The van der Waals surface area contributed by atoms with Gasteiger partial charge in [-0.3, -0.25) is 24.6 Å². The molecule has 1 aromatic heterocycles. The van der Waals surface area contributed by atoms with Gasteiger partial charge in [0.1, 0.15) is 0 Å². The van der Waals surface area contributed by atoms with E-state index in [1.807, 2.05) is 41.1 Å². The predicted molar refractivity (Wildman–Crippen MR) is 119 cm³/mol. The Labute approximate surface area is 182 Å². The second-order valence-corrected chi connectivity index (χ2v) is 7.98. The van der Waals surface area contributed by atoms with E-state index in [1.54, 1.807) is 18.2 Å². The molecule has 2 amide bonds. The first-order chi connectivity index (χ1) is 15.0. The normalized spacial score (nSPS) is 15.4. The van der Waals surface area contributed by atoms with E-state index in [0.29, 0.717) is 11.4 Å². The Morgan fingerprint density at radius 3 is 2.74 bits per heavy atom. The molecule has 0 unspecified atom stereocenters. The van der Waals surface area contributed by atoms with Gasteiger partial charge in [-0.1, -0.05) is 30.3 Å². The van der Waals surface area contributed by atoms with Crippen LogP contribution in [-0.2, 0) is 16.1 Å². The standard InChI is InChI=1S/C22H19N3O5S/c1-30-10-9-24-21(26)20(31-22(24)27)12-16-14-23(19-8-3-2-7-18(16)19)13-15-5-4-6-17(11-15)25(28)29/h2-8,11-12,14H,9-10,13H2,1H3/b20-12+. The molecular formula is C22H19N3O5S. The quantitative estimate of drug-likeness (QED) is 0.311. The van der Waals surface area contributed by atoms with E-state index in [9.17, 15) is 19.7 Å². The zero-order valence-electron chi connectivity index (χ0n) is 16.7. The number of thioether (sulfide) groups is 1. The van der Waals surface area contributed by atoms with Gasteiger partial charge in [0.05, 0.1) is 23.0 Å². The Morgan fingerprint density at radius 2 is 1.97 bits per heavy atom. The minimum atomic E-state index is -0.414.